The van der Waals surface area contributed by atoms with E-state index in [1.165, 1.54) is 6.92 Å². The summed E-state index contributed by atoms with van der Waals surface area (Å²) in [5.74, 6) is 0. The quantitative estimate of drug-likeness (QED) is 0.414. The van der Waals surface area contributed by atoms with Crippen molar-refractivity contribution >= 4 is 29.6 Å². The maximum Gasteiger partial charge on any atom is 0.0742 e. The first-order chi connectivity index (χ1) is 3.68. The van der Waals surface area contributed by atoms with Crippen molar-refractivity contribution in [2.24, 2.45) is 0 Å². The largest absolute Gasteiger partial charge is 0.397 e. The molecular weight excluding hydrogens is 131 g/mol. The maximum atomic E-state index is 8.11. The molecule has 0 fully saturated rings. The molecule has 3 nitrogen and oxygen atoms in total. The molecule has 0 heterocycles. The van der Waals surface area contributed by atoms with Gasteiger partial charge < -0.3 is 15.3 Å². The molecule has 1 unspecified atom stereocenters. The molecule has 0 amide bonds. The van der Waals surface area contributed by atoms with Crippen LogP contribution in [0.15, 0.2) is 0 Å². The summed E-state index contributed by atoms with van der Waals surface area (Å²) in [5, 5.41) is 23.6. The third kappa shape index (κ3) is 50.7. The van der Waals surface area contributed by atoms with E-state index in [1.807, 2.05) is 0 Å². The third-order valence-electron chi connectivity index (χ3n) is 0.264. The van der Waals surface area contributed by atoms with Crippen LogP contribution >= 0.6 is 0 Å². The van der Waals surface area contributed by atoms with Gasteiger partial charge in [-0.2, -0.15) is 0 Å². The standard InChI is InChI=1S/C3H8O2.C2H6O.Na/c1-3(5)2-4;1-2-3;/h3-5H,2H2,1H3;3H,2H2,1H3;. The zero-order valence-electron chi connectivity index (χ0n) is 6.33. The third-order valence-corrected chi connectivity index (χ3v) is 0.264. The Morgan fingerprint density at radius 1 is 1.33 bits per heavy atom. The van der Waals surface area contributed by atoms with E-state index in [0.29, 0.717) is 0 Å². The van der Waals surface area contributed by atoms with Crippen LogP contribution in [0.2, 0.25) is 0 Å². The molecule has 3 N–H and O–H groups in total. The fraction of sp³-hybridized carbons (Fsp3) is 1.00. The Morgan fingerprint density at radius 3 is 1.44 bits per heavy atom. The Morgan fingerprint density at radius 2 is 1.44 bits per heavy atom. The summed E-state index contributed by atoms with van der Waals surface area (Å²) in [6.45, 7) is 3.32. The van der Waals surface area contributed by atoms with E-state index in [2.05, 4.69) is 0 Å². The second-order valence-electron chi connectivity index (χ2n) is 1.35. The molecule has 0 rings (SSSR count). The van der Waals surface area contributed by atoms with Gasteiger partial charge in [0.05, 0.1) is 12.7 Å². The summed E-state index contributed by atoms with van der Waals surface area (Å²) in [4.78, 5) is 0. The molecule has 0 spiro atoms. The molecule has 0 saturated carbocycles. The first kappa shape index (κ1) is 16.5. The number of aliphatic hydroxyl groups is 3. The molecule has 4 heteroatoms. The van der Waals surface area contributed by atoms with Crippen LogP contribution in [0.4, 0.5) is 0 Å². The predicted octanol–water partition coefficient (Wildman–Crippen LogP) is -1.02. The van der Waals surface area contributed by atoms with E-state index in [0.717, 1.165) is 0 Å². The Hall–Kier alpha value is 0.880. The fourth-order valence-corrected chi connectivity index (χ4v) is 0. The van der Waals surface area contributed by atoms with E-state index < -0.39 is 6.10 Å². The normalized spacial score (nSPS) is 10.3. The van der Waals surface area contributed by atoms with Crippen molar-refractivity contribution in [1.29, 1.82) is 0 Å². The van der Waals surface area contributed by atoms with Gasteiger partial charge in [0.2, 0.25) is 0 Å². The molecule has 0 aromatic heterocycles. The minimum Gasteiger partial charge on any atom is -0.397 e. The van der Waals surface area contributed by atoms with Crippen molar-refractivity contribution in [1.82, 2.24) is 0 Å². The van der Waals surface area contributed by atoms with E-state index in [4.69, 9.17) is 15.3 Å². The van der Waals surface area contributed by atoms with Gasteiger partial charge in [-0.25, -0.2) is 0 Å². The maximum absolute atomic E-state index is 8.11. The van der Waals surface area contributed by atoms with Crippen molar-refractivity contribution in [3.8, 4) is 0 Å². The van der Waals surface area contributed by atoms with Crippen LogP contribution in [0, 0.1) is 0 Å². The summed E-state index contributed by atoms with van der Waals surface area (Å²) in [6, 6.07) is 0. The summed E-state index contributed by atoms with van der Waals surface area (Å²) in [7, 11) is 0. The number of hydrogen-bond acceptors (Lipinski definition) is 3. The molecular formula is C5H14NaO3. The topological polar surface area (TPSA) is 60.7 Å². The summed E-state index contributed by atoms with van der Waals surface area (Å²) in [5.41, 5.74) is 0. The smallest absolute Gasteiger partial charge is 0.0742 e. The number of aliphatic hydroxyl groups excluding tert-OH is 3. The van der Waals surface area contributed by atoms with Crippen molar-refractivity contribution in [2.75, 3.05) is 13.2 Å². The van der Waals surface area contributed by atoms with Gasteiger partial charge in [0.15, 0.2) is 0 Å². The fourth-order valence-electron chi connectivity index (χ4n) is 0. The SMILES string of the molecule is CC(O)CO.CCO.[Na]. The van der Waals surface area contributed by atoms with Gasteiger partial charge in [0.1, 0.15) is 0 Å². The molecule has 0 aliphatic carbocycles. The van der Waals surface area contributed by atoms with Crippen LogP contribution < -0.4 is 0 Å². The predicted molar refractivity (Wildman–Crippen MR) is 37.3 cm³/mol. The van der Waals surface area contributed by atoms with Crippen LogP contribution in [-0.4, -0.2) is 64.2 Å². The summed E-state index contributed by atoms with van der Waals surface area (Å²) in [6.07, 6.45) is -0.560. The number of hydrogen-bond donors (Lipinski definition) is 3. The van der Waals surface area contributed by atoms with Gasteiger partial charge in [-0.1, -0.05) is 0 Å². The van der Waals surface area contributed by atoms with Crippen LogP contribution in [0.25, 0.3) is 0 Å². The van der Waals surface area contributed by atoms with Gasteiger partial charge in [0.25, 0.3) is 0 Å². The zero-order chi connectivity index (χ0) is 6.99. The Labute approximate surface area is 78.0 Å². The van der Waals surface area contributed by atoms with Gasteiger partial charge >= 0.3 is 0 Å². The Balaban J connectivity index is -0.0000000800. The van der Waals surface area contributed by atoms with Crippen molar-refractivity contribution in [3.05, 3.63) is 0 Å². The molecule has 0 aliphatic heterocycles. The van der Waals surface area contributed by atoms with Crippen molar-refractivity contribution < 1.29 is 15.3 Å². The van der Waals surface area contributed by atoms with E-state index in [-0.39, 0.29) is 42.8 Å². The Kier molecular flexibility index (Phi) is 29.2. The van der Waals surface area contributed by atoms with Crippen LogP contribution in [0.5, 0.6) is 0 Å². The molecule has 1 atom stereocenters. The van der Waals surface area contributed by atoms with Crippen LogP contribution in [-0.2, 0) is 0 Å². The first-order valence-electron chi connectivity index (χ1n) is 2.58. The molecule has 9 heavy (non-hydrogen) atoms. The molecule has 0 bridgehead atoms. The zero-order valence-corrected chi connectivity index (χ0v) is 8.33. The molecule has 0 aliphatic rings. The Bertz CT molecular complexity index is 33.4. The minimum atomic E-state index is -0.560. The van der Waals surface area contributed by atoms with Gasteiger partial charge in [-0.05, 0) is 13.8 Å². The second kappa shape index (κ2) is 15.9. The van der Waals surface area contributed by atoms with Gasteiger partial charge in [-0.3, -0.25) is 0 Å². The molecule has 0 aromatic carbocycles. The summed E-state index contributed by atoms with van der Waals surface area (Å²) < 4.78 is 0. The number of rotatable bonds is 1. The van der Waals surface area contributed by atoms with E-state index >= 15 is 0 Å². The van der Waals surface area contributed by atoms with Gasteiger partial charge in [-0.15, -0.1) is 0 Å². The van der Waals surface area contributed by atoms with Crippen molar-refractivity contribution in [3.63, 3.8) is 0 Å². The van der Waals surface area contributed by atoms with Crippen LogP contribution in [0.3, 0.4) is 0 Å². The monoisotopic (exact) mass is 145 g/mol. The molecule has 0 aromatic rings. The average Bonchev–Trinajstić information content (AvgIpc) is 1.69. The first-order valence-corrected chi connectivity index (χ1v) is 2.58. The minimum absolute atomic E-state index is 0. The second-order valence-corrected chi connectivity index (χ2v) is 1.35. The molecule has 0 saturated heterocycles. The molecule has 1 radical (unpaired) electrons. The summed E-state index contributed by atoms with van der Waals surface area (Å²) >= 11 is 0. The van der Waals surface area contributed by atoms with E-state index in [1.54, 1.807) is 6.92 Å². The van der Waals surface area contributed by atoms with Crippen molar-refractivity contribution in [2.45, 2.75) is 20.0 Å². The van der Waals surface area contributed by atoms with E-state index in [9.17, 15) is 0 Å². The van der Waals surface area contributed by atoms with Crippen LogP contribution in [0.1, 0.15) is 13.8 Å². The average molecular weight is 145 g/mol. The van der Waals surface area contributed by atoms with Gasteiger partial charge in [0, 0.05) is 36.2 Å². The molecule has 53 valence electrons.